The zero-order valence-electron chi connectivity index (χ0n) is 14.8. The Kier molecular flexibility index (Phi) is 4.62. The summed E-state index contributed by atoms with van der Waals surface area (Å²) in [6, 6.07) is 9.24. The van der Waals surface area contributed by atoms with Crippen LogP contribution >= 0.6 is 0 Å². The van der Waals surface area contributed by atoms with Crippen molar-refractivity contribution in [1.82, 2.24) is 29.4 Å². The Bertz CT molecular complexity index is 926. The summed E-state index contributed by atoms with van der Waals surface area (Å²) in [6.07, 6.45) is 6.30. The van der Waals surface area contributed by atoms with Gasteiger partial charge in [0.1, 0.15) is 0 Å². The molecule has 0 aromatic carbocycles. The Morgan fingerprint density at radius 2 is 1.88 bits per heavy atom. The first-order valence-electron chi connectivity index (χ1n) is 8.87. The normalized spacial score (nSPS) is 15.1. The fraction of sp³-hybridized carbons (Fsp3) is 0.368. The number of hydrogen-bond acceptors (Lipinski definition) is 5. The van der Waals surface area contributed by atoms with Crippen LogP contribution in [-0.2, 0) is 20.0 Å². The van der Waals surface area contributed by atoms with Crippen LogP contribution in [0.5, 0.6) is 0 Å². The van der Waals surface area contributed by atoms with Crippen molar-refractivity contribution in [2.24, 2.45) is 13.0 Å². The fourth-order valence-corrected chi connectivity index (χ4v) is 3.39. The molecule has 0 N–H and O–H groups in total. The molecule has 0 aliphatic carbocycles. The third-order valence-corrected chi connectivity index (χ3v) is 4.91. The highest BCUT2D eigenvalue weighted by atomic mass is 16.1. The van der Waals surface area contributed by atoms with Crippen LogP contribution < -0.4 is 5.56 Å². The molecule has 0 unspecified atom stereocenters. The van der Waals surface area contributed by atoms with E-state index in [1.54, 1.807) is 29.2 Å². The van der Waals surface area contributed by atoms with E-state index in [4.69, 9.17) is 0 Å². The summed E-state index contributed by atoms with van der Waals surface area (Å²) in [5.74, 6) is 0.472. The largest absolute Gasteiger partial charge is 0.302 e. The smallest absolute Gasteiger partial charge is 0.266 e. The van der Waals surface area contributed by atoms with Crippen molar-refractivity contribution in [3.8, 4) is 11.3 Å². The molecular formula is C19H22N6O. The summed E-state index contributed by atoms with van der Waals surface area (Å²) >= 11 is 0. The van der Waals surface area contributed by atoms with E-state index in [1.807, 2.05) is 30.1 Å². The average molecular weight is 350 g/mol. The summed E-state index contributed by atoms with van der Waals surface area (Å²) in [7, 11) is 1.97. The molecule has 1 aliphatic rings. The van der Waals surface area contributed by atoms with Gasteiger partial charge >= 0.3 is 0 Å². The molecule has 0 amide bonds. The van der Waals surface area contributed by atoms with Gasteiger partial charge in [-0.2, -0.15) is 10.2 Å². The number of rotatable bonds is 6. The van der Waals surface area contributed by atoms with E-state index in [1.165, 1.54) is 5.69 Å². The molecule has 4 rings (SSSR count). The van der Waals surface area contributed by atoms with Gasteiger partial charge in [0, 0.05) is 74.9 Å². The van der Waals surface area contributed by atoms with Crippen LogP contribution in [0.25, 0.3) is 11.3 Å². The van der Waals surface area contributed by atoms with Crippen molar-refractivity contribution in [2.45, 2.75) is 13.0 Å². The number of hydrogen-bond donors (Lipinski definition) is 0. The lowest BCUT2D eigenvalue weighted by atomic mass is 10.00. The first kappa shape index (κ1) is 16.7. The second kappa shape index (κ2) is 7.21. The zero-order chi connectivity index (χ0) is 17.9. The quantitative estimate of drug-likeness (QED) is 0.668. The molecule has 0 saturated carbocycles. The minimum atomic E-state index is -0.0452. The van der Waals surface area contributed by atoms with Gasteiger partial charge in [-0.1, -0.05) is 0 Å². The summed E-state index contributed by atoms with van der Waals surface area (Å²) in [5.41, 5.74) is 2.98. The van der Waals surface area contributed by atoms with Crippen molar-refractivity contribution < 1.29 is 0 Å². The van der Waals surface area contributed by atoms with Crippen molar-refractivity contribution in [2.75, 3.05) is 19.6 Å². The molecule has 0 atom stereocenters. The van der Waals surface area contributed by atoms with Crippen LogP contribution in [0.15, 0.2) is 53.7 Å². The number of aromatic nitrogens is 5. The maximum Gasteiger partial charge on any atom is 0.266 e. The Labute approximate surface area is 151 Å². The van der Waals surface area contributed by atoms with E-state index in [9.17, 15) is 4.79 Å². The molecule has 1 saturated heterocycles. The van der Waals surface area contributed by atoms with Crippen LogP contribution in [-0.4, -0.2) is 49.1 Å². The van der Waals surface area contributed by atoms with Gasteiger partial charge in [0.15, 0.2) is 0 Å². The molecule has 0 bridgehead atoms. The molecule has 0 spiro atoms. The van der Waals surface area contributed by atoms with Crippen LogP contribution in [0.1, 0.15) is 5.69 Å². The molecule has 26 heavy (non-hydrogen) atoms. The highest BCUT2D eigenvalue weighted by molar-refractivity contribution is 5.56. The van der Waals surface area contributed by atoms with Crippen LogP contribution in [0.4, 0.5) is 0 Å². The van der Waals surface area contributed by atoms with Gasteiger partial charge in [-0.25, -0.2) is 4.68 Å². The predicted octanol–water partition coefficient (Wildman–Crippen LogP) is 1.21. The molecule has 1 fully saturated rings. The SMILES string of the molecule is Cn1nccc1CCN1CC(Cn2nc(-c3ccncc3)ccc2=O)C1. The zero-order valence-corrected chi connectivity index (χ0v) is 14.8. The van der Waals surface area contributed by atoms with E-state index >= 15 is 0 Å². The molecular weight excluding hydrogens is 328 g/mol. The molecule has 134 valence electrons. The highest BCUT2D eigenvalue weighted by Crippen LogP contribution is 2.18. The fourth-order valence-electron chi connectivity index (χ4n) is 3.39. The van der Waals surface area contributed by atoms with Crippen molar-refractivity contribution >= 4 is 0 Å². The summed E-state index contributed by atoms with van der Waals surface area (Å²) in [6.45, 7) is 3.70. The Hall–Kier alpha value is -2.80. The standard InChI is InChI=1S/C19H22N6O/c1-23-17(6-10-21-23)7-11-24-12-15(13-24)14-25-19(26)3-2-18(22-25)16-4-8-20-9-5-16/h2-6,8-10,15H,7,11-14H2,1H3. The van der Waals surface area contributed by atoms with Crippen LogP contribution in [0, 0.1) is 5.92 Å². The highest BCUT2D eigenvalue weighted by Gasteiger charge is 2.27. The van der Waals surface area contributed by atoms with Gasteiger partial charge in [0.25, 0.3) is 5.56 Å². The monoisotopic (exact) mass is 350 g/mol. The van der Waals surface area contributed by atoms with Gasteiger partial charge in [-0.15, -0.1) is 0 Å². The predicted molar refractivity (Wildman–Crippen MR) is 98.6 cm³/mol. The maximum absolute atomic E-state index is 12.1. The van der Waals surface area contributed by atoms with Crippen LogP contribution in [0.3, 0.4) is 0 Å². The van der Waals surface area contributed by atoms with E-state index in [0.717, 1.165) is 37.3 Å². The average Bonchev–Trinajstić information content (AvgIpc) is 3.04. The van der Waals surface area contributed by atoms with E-state index in [0.29, 0.717) is 12.5 Å². The van der Waals surface area contributed by atoms with Gasteiger partial charge < -0.3 is 4.90 Å². The van der Waals surface area contributed by atoms with Gasteiger partial charge in [0.05, 0.1) is 12.2 Å². The van der Waals surface area contributed by atoms with Gasteiger partial charge in [-0.3, -0.25) is 14.5 Å². The van der Waals surface area contributed by atoms with Gasteiger partial charge in [-0.05, 0) is 24.3 Å². The Balaban J connectivity index is 1.34. The number of nitrogens with zero attached hydrogens (tertiary/aromatic N) is 6. The second-order valence-corrected chi connectivity index (χ2v) is 6.80. The van der Waals surface area contributed by atoms with E-state index in [-0.39, 0.29) is 5.56 Å². The minimum Gasteiger partial charge on any atom is -0.302 e. The number of aryl methyl sites for hydroxylation is 1. The molecule has 0 radical (unpaired) electrons. The molecule has 7 nitrogen and oxygen atoms in total. The first-order chi connectivity index (χ1) is 12.7. The third kappa shape index (κ3) is 3.57. The number of likely N-dealkylation sites (tertiary alicyclic amines) is 1. The maximum atomic E-state index is 12.1. The topological polar surface area (TPSA) is 68.8 Å². The van der Waals surface area contributed by atoms with Crippen LogP contribution in [0.2, 0.25) is 0 Å². The number of pyridine rings is 1. The van der Waals surface area contributed by atoms with E-state index in [2.05, 4.69) is 26.1 Å². The summed E-state index contributed by atoms with van der Waals surface area (Å²) < 4.78 is 3.52. The molecule has 4 heterocycles. The summed E-state index contributed by atoms with van der Waals surface area (Å²) in [5, 5.41) is 8.73. The van der Waals surface area contributed by atoms with E-state index < -0.39 is 0 Å². The van der Waals surface area contributed by atoms with Gasteiger partial charge in [0.2, 0.25) is 0 Å². The summed E-state index contributed by atoms with van der Waals surface area (Å²) in [4.78, 5) is 18.6. The van der Waals surface area contributed by atoms with Crippen molar-refractivity contribution in [3.05, 3.63) is 65.0 Å². The molecule has 7 heteroatoms. The molecule has 1 aliphatic heterocycles. The Morgan fingerprint density at radius 3 is 2.62 bits per heavy atom. The van der Waals surface area contributed by atoms with Crippen molar-refractivity contribution in [3.63, 3.8) is 0 Å². The minimum absolute atomic E-state index is 0.0452. The third-order valence-electron chi connectivity index (χ3n) is 4.91. The molecule has 3 aromatic heterocycles. The second-order valence-electron chi connectivity index (χ2n) is 6.80. The lowest BCUT2D eigenvalue weighted by Gasteiger charge is -2.39. The van der Waals surface area contributed by atoms with Crippen molar-refractivity contribution in [1.29, 1.82) is 0 Å². The Morgan fingerprint density at radius 1 is 1.08 bits per heavy atom. The first-order valence-corrected chi connectivity index (χ1v) is 8.87. The molecule has 3 aromatic rings. The lowest BCUT2D eigenvalue weighted by Crippen LogP contribution is -2.50. The lowest BCUT2D eigenvalue weighted by molar-refractivity contribution is 0.0851.